The molecule has 0 bridgehead atoms. The van der Waals surface area contributed by atoms with Crippen LogP contribution < -0.4 is 5.32 Å². The average Bonchev–Trinajstić information content (AvgIpc) is 2.33. The van der Waals surface area contributed by atoms with E-state index in [2.05, 4.69) is 37.9 Å². The summed E-state index contributed by atoms with van der Waals surface area (Å²) in [6.07, 6.45) is 0. The number of benzene rings is 1. The Hall–Kier alpha value is -1.35. The van der Waals surface area contributed by atoms with Crippen LogP contribution in [0, 0.1) is 13.8 Å². The fourth-order valence-corrected chi connectivity index (χ4v) is 2.57. The smallest absolute Gasteiger partial charge is 0.251 e. The molecule has 1 amide bonds. The van der Waals surface area contributed by atoms with Gasteiger partial charge in [-0.2, -0.15) is 0 Å². The van der Waals surface area contributed by atoms with Crippen LogP contribution in [0.3, 0.4) is 0 Å². The Morgan fingerprint density at radius 3 is 2.25 bits per heavy atom. The van der Waals surface area contributed by atoms with Crippen LogP contribution in [0.1, 0.15) is 49.2 Å². The summed E-state index contributed by atoms with van der Waals surface area (Å²) < 4.78 is 0. The molecule has 0 fully saturated rings. The first kappa shape index (κ1) is 16.7. The molecule has 20 heavy (non-hydrogen) atoms. The summed E-state index contributed by atoms with van der Waals surface area (Å²) in [5.41, 5.74) is 2.99. The molecule has 0 aliphatic heterocycles. The van der Waals surface area contributed by atoms with Gasteiger partial charge < -0.3 is 5.32 Å². The summed E-state index contributed by atoms with van der Waals surface area (Å²) in [6.45, 7) is 14.3. The van der Waals surface area contributed by atoms with Crippen molar-refractivity contribution in [3.8, 4) is 0 Å². The zero-order valence-electron chi connectivity index (χ0n) is 13.7. The molecule has 0 saturated carbocycles. The number of nitrogens with zero attached hydrogens (tertiary/aromatic N) is 1. The first-order valence-electron chi connectivity index (χ1n) is 7.44. The molecule has 1 N–H and O–H groups in total. The normalized spacial score (nSPS) is 11.4. The van der Waals surface area contributed by atoms with Gasteiger partial charge in [0.25, 0.3) is 5.91 Å². The van der Waals surface area contributed by atoms with Crippen LogP contribution in [0.5, 0.6) is 0 Å². The highest BCUT2D eigenvalue weighted by Gasteiger charge is 2.14. The van der Waals surface area contributed by atoms with Crippen molar-refractivity contribution in [1.82, 2.24) is 10.2 Å². The van der Waals surface area contributed by atoms with E-state index in [4.69, 9.17) is 0 Å². The summed E-state index contributed by atoms with van der Waals surface area (Å²) in [5, 5.41) is 3.02. The van der Waals surface area contributed by atoms with Crippen LogP contribution in [0.15, 0.2) is 18.2 Å². The molecular weight excluding hydrogens is 248 g/mol. The summed E-state index contributed by atoms with van der Waals surface area (Å²) >= 11 is 0. The van der Waals surface area contributed by atoms with Crippen molar-refractivity contribution in [3.05, 3.63) is 34.9 Å². The lowest BCUT2D eigenvalue weighted by Crippen LogP contribution is -2.42. The molecular formula is C17H28N2O. The number of nitrogens with one attached hydrogen (secondary N) is 1. The Morgan fingerprint density at radius 1 is 1.15 bits per heavy atom. The molecule has 0 saturated heterocycles. The van der Waals surface area contributed by atoms with E-state index in [1.165, 1.54) is 5.56 Å². The molecule has 0 heterocycles. The van der Waals surface area contributed by atoms with Crippen molar-refractivity contribution in [2.45, 2.75) is 53.6 Å². The zero-order chi connectivity index (χ0) is 15.3. The Balaban J connectivity index is 2.55. The SMILES string of the molecule is Cc1ccc(C(=O)NCCN(C(C)C)C(C)C)c(C)c1. The van der Waals surface area contributed by atoms with Crippen molar-refractivity contribution in [1.29, 1.82) is 0 Å². The van der Waals surface area contributed by atoms with Gasteiger partial charge in [-0.15, -0.1) is 0 Å². The maximum absolute atomic E-state index is 12.2. The summed E-state index contributed by atoms with van der Waals surface area (Å²) in [6, 6.07) is 6.92. The Morgan fingerprint density at radius 2 is 1.75 bits per heavy atom. The van der Waals surface area contributed by atoms with Gasteiger partial charge in [-0.3, -0.25) is 9.69 Å². The number of aryl methyl sites for hydroxylation is 2. The minimum absolute atomic E-state index is 0.0231. The predicted molar refractivity (Wildman–Crippen MR) is 85.2 cm³/mol. The lowest BCUT2D eigenvalue weighted by Gasteiger charge is -2.30. The van der Waals surface area contributed by atoms with E-state index in [0.717, 1.165) is 17.7 Å². The van der Waals surface area contributed by atoms with Gasteiger partial charge in [0.05, 0.1) is 0 Å². The van der Waals surface area contributed by atoms with Crippen molar-refractivity contribution < 1.29 is 4.79 Å². The van der Waals surface area contributed by atoms with Crippen molar-refractivity contribution in [2.75, 3.05) is 13.1 Å². The van der Waals surface area contributed by atoms with Gasteiger partial charge in [-0.05, 0) is 53.2 Å². The predicted octanol–water partition coefficient (Wildman–Crippen LogP) is 3.15. The Labute approximate surface area is 123 Å². The van der Waals surface area contributed by atoms with Gasteiger partial charge in [-0.25, -0.2) is 0 Å². The third-order valence-corrected chi connectivity index (χ3v) is 3.61. The third-order valence-electron chi connectivity index (χ3n) is 3.61. The van der Waals surface area contributed by atoms with E-state index < -0.39 is 0 Å². The molecule has 112 valence electrons. The molecule has 0 aliphatic carbocycles. The lowest BCUT2D eigenvalue weighted by molar-refractivity contribution is 0.0939. The van der Waals surface area contributed by atoms with Crippen LogP contribution in [0.4, 0.5) is 0 Å². The standard InChI is InChI=1S/C17H28N2O/c1-12(2)19(13(3)4)10-9-18-17(20)16-8-7-14(5)11-15(16)6/h7-8,11-13H,9-10H2,1-6H3,(H,18,20). The van der Waals surface area contributed by atoms with Gasteiger partial charge in [-0.1, -0.05) is 17.7 Å². The van der Waals surface area contributed by atoms with E-state index in [9.17, 15) is 4.79 Å². The van der Waals surface area contributed by atoms with Gasteiger partial charge in [0.2, 0.25) is 0 Å². The summed E-state index contributed by atoms with van der Waals surface area (Å²) in [5.74, 6) is 0.0231. The van der Waals surface area contributed by atoms with Crippen LogP contribution in [0.2, 0.25) is 0 Å². The summed E-state index contributed by atoms with van der Waals surface area (Å²) in [7, 11) is 0. The van der Waals surface area contributed by atoms with Crippen molar-refractivity contribution in [3.63, 3.8) is 0 Å². The van der Waals surface area contributed by atoms with Gasteiger partial charge in [0.1, 0.15) is 0 Å². The Kier molecular flexibility index (Phi) is 6.21. The van der Waals surface area contributed by atoms with Crippen LogP contribution >= 0.6 is 0 Å². The number of amides is 1. The number of carbonyl (C=O) groups is 1. The average molecular weight is 276 g/mol. The van der Waals surface area contributed by atoms with Crippen molar-refractivity contribution in [2.24, 2.45) is 0 Å². The van der Waals surface area contributed by atoms with E-state index in [-0.39, 0.29) is 5.91 Å². The minimum Gasteiger partial charge on any atom is -0.351 e. The molecule has 0 aliphatic rings. The molecule has 3 heteroatoms. The van der Waals surface area contributed by atoms with Crippen LogP contribution in [0.25, 0.3) is 0 Å². The van der Waals surface area contributed by atoms with Crippen molar-refractivity contribution >= 4 is 5.91 Å². The number of rotatable bonds is 6. The van der Waals surface area contributed by atoms with Crippen LogP contribution in [-0.2, 0) is 0 Å². The van der Waals surface area contributed by atoms with E-state index >= 15 is 0 Å². The van der Waals surface area contributed by atoms with E-state index in [1.54, 1.807) is 0 Å². The fraction of sp³-hybridized carbons (Fsp3) is 0.588. The lowest BCUT2D eigenvalue weighted by atomic mass is 10.1. The van der Waals surface area contributed by atoms with Gasteiger partial charge in [0, 0.05) is 30.7 Å². The molecule has 0 radical (unpaired) electrons. The molecule has 1 rings (SSSR count). The molecule has 1 aromatic carbocycles. The van der Waals surface area contributed by atoms with E-state index in [0.29, 0.717) is 18.6 Å². The molecule has 0 spiro atoms. The zero-order valence-corrected chi connectivity index (χ0v) is 13.7. The second kappa shape index (κ2) is 7.44. The highest BCUT2D eigenvalue weighted by Crippen LogP contribution is 2.10. The van der Waals surface area contributed by atoms with Crippen LogP contribution in [-0.4, -0.2) is 36.0 Å². The number of carbonyl (C=O) groups excluding carboxylic acids is 1. The second-order valence-corrected chi connectivity index (χ2v) is 6.00. The monoisotopic (exact) mass is 276 g/mol. The quantitative estimate of drug-likeness (QED) is 0.865. The highest BCUT2D eigenvalue weighted by molar-refractivity contribution is 5.95. The molecule has 0 aromatic heterocycles. The molecule has 0 atom stereocenters. The molecule has 1 aromatic rings. The Bertz CT molecular complexity index is 444. The van der Waals surface area contributed by atoms with Gasteiger partial charge in [0.15, 0.2) is 0 Å². The molecule has 0 unspecified atom stereocenters. The maximum Gasteiger partial charge on any atom is 0.251 e. The van der Waals surface area contributed by atoms with Gasteiger partial charge >= 0.3 is 0 Å². The first-order valence-corrected chi connectivity index (χ1v) is 7.44. The maximum atomic E-state index is 12.2. The first-order chi connectivity index (χ1) is 9.32. The fourth-order valence-electron chi connectivity index (χ4n) is 2.57. The summed E-state index contributed by atoms with van der Waals surface area (Å²) in [4.78, 5) is 14.5. The largest absolute Gasteiger partial charge is 0.351 e. The minimum atomic E-state index is 0.0231. The van der Waals surface area contributed by atoms with E-state index in [1.807, 2.05) is 32.0 Å². The highest BCUT2D eigenvalue weighted by atomic mass is 16.1. The second-order valence-electron chi connectivity index (χ2n) is 6.00. The topological polar surface area (TPSA) is 32.3 Å². The molecule has 3 nitrogen and oxygen atoms in total. The number of hydrogen-bond donors (Lipinski definition) is 1. The number of hydrogen-bond acceptors (Lipinski definition) is 2. The third kappa shape index (κ3) is 4.64.